The standard InChI is InChI=1S/C12H26N4/c1-3-5-10-6-8-11(9-7-10)15-12(16-13)14-4-2/h10-11H,3-9,13H2,1-2H3,(H2,14,15,16). The summed E-state index contributed by atoms with van der Waals surface area (Å²) in [4.78, 5) is 4.26. The number of nitrogens with two attached hydrogens (primary N) is 1. The van der Waals surface area contributed by atoms with Crippen LogP contribution in [-0.4, -0.2) is 18.5 Å². The van der Waals surface area contributed by atoms with E-state index < -0.39 is 0 Å². The van der Waals surface area contributed by atoms with E-state index in [1.807, 2.05) is 6.92 Å². The highest BCUT2D eigenvalue weighted by atomic mass is 15.3. The van der Waals surface area contributed by atoms with E-state index in [1.165, 1.54) is 38.5 Å². The highest BCUT2D eigenvalue weighted by Crippen LogP contribution is 2.27. The van der Waals surface area contributed by atoms with E-state index in [0.29, 0.717) is 6.04 Å². The van der Waals surface area contributed by atoms with Crippen molar-refractivity contribution >= 4 is 5.96 Å². The fraction of sp³-hybridized carbons (Fsp3) is 0.917. The van der Waals surface area contributed by atoms with E-state index in [2.05, 4.69) is 22.7 Å². The van der Waals surface area contributed by atoms with Crippen molar-refractivity contribution in [2.24, 2.45) is 16.8 Å². The average Bonchev–Trinajstić information content (AvgIpc) is 2.31. The lowest BCUT2D eigenvalue weighted by Gasteiger charge is -2.29. The van der Waals surface area contributed by atoms with Gasteiger partial charge in [-0.2, -0.15) is 0 Å². The number of guanidine groups is 1. The van der Waals surface area contributed by atoms with Crippen LogP contribution in [0.15, 0.2) is 4.99 Å². The molecule has 1 saturated carbocycles. The summed E-state index contributed by atoms with van der Waals surface area (Å²) in [5.41, 5.74) is 2.63. The number of rotatable bonds is 4. The van der Waals surface area contributed by atoms with Crippen LogP contribution in [0.1, 0.15) is 52.4 Å². The van der Waals surface area contributed by atoms with E-state index in [9.17, 15) is 0 Å². The molecule has 1 rings (SSSR count). The van der Waals surface area contributed by atoms with Gasteiger partial charge in [-0.05, 0) is 38.5 Å². The number of nitrogens with one attached hydrogen (secondary N) is 2. The predicted molar refractivity (Wildman–Crippen MR) is 69.1 cm³/mol. The maximum Gasteiger partial charge on any atom is 0.205 e. The lowest BCUT2D eigenvalue weighted by Crippen LogP contribution is -2.47. The predicted octanol–water partition coefficient (Wildman–Crippen LogP) is 1.77. The molecule has 0 bridgehead atoms. The number of nitrogens with zero attached hydrogens (tertiary/aromatic N) is 1. The molecule has 1 fully saturated rings. The Kier molecular flexibility index (Phi) is 6.23. The average molecular weight is 226 g/mol. The van der Waals surface area contributed by atoms with Crippen LogP contribution in [0.25, 0.3) is 0 Å². The van der Waals surface area contributed by atoms with Gasteiger partial charge in [0.25, 0.3) is 0 Å². The van der Waals surface area contributed by atoms with Gasteiger partial charge in [0.15, 0.2) is 0 Å². The SMILES string of the molecule is CCCC1CCC(NC(=NCC)NN)CC1. The second-order valence-electron chi connectivity index (χ2n) is 4.62. The molecule has 4 heteroatoms. The normalized spacial score (nSPS) is 26.6. The Bertz CT molecular complexity index is 207. The van der Waals surface area contributed by atoms with Crippen LogP contribution in [0.5, 0.6) is 0 Å². The molecule has 4 N–H and O–H groups in total. The second-order valence-corrected chi connectivity index (χ2v) is 4.62. The number of aliphatic imine (C=N–C) groups is 1. The van der Waals surface area contributed by atoms with Crippen LogP contribution < -0.4 is 16.6 Å². The van der Waals surface area contributed by atoms with Gasteiger partial charge < -0.3 is 5.32 Å². The molecule has 0 aromatic carbocycles. The smallest absolute Gasteiger partial charge is 0.205 e. The van der Waals surface area contributed by atoms with Gasteiger partial charge in [0.1, 0.15) is 0 Å². The number of hydrogen-bond acceptors (Lipinski definition) is 2. The minimum atomic E-state index is 0.550. The van der Waals surface area contributed by atoms with Crippen molar-refractivity contribution in [1.29, 1.82) is 0 Å². The van der Waals surface area contributed by atoms with Crippen LogP contribution in [0, 0.1) is 5.92 Å². The lowest BCUT2D eigenvalue weighted by atomic mass is 9.83. The van der Waals surface area contributed by atoms with Crippen molar-refractivity contribution in [3.8, 4) is 0 Å². The topological polar surface area (TPSA) is 62.4 Å². The third-order valence-electron chi connectivity index (χ3n) is 3.34. The largest absolute Gasteiger partial charge is 0.353 e. The molecule has 1 aliphatic rings. The van der Waals surface area contributed by atoms with E-state index in [4.69, 9.17) is 5.84 Å². The van der Waals surface area contributed by atoms with Gasteiger partial charge in [0.2, 0.25) is 5.96 Å². The Morgan fingerprint density at radius 3 is 2.44 bits per heavy atom. The summed E-state index contributed by atoms with van der Waals surface area (Å²) >= 11 is 0. The summed E-state index contributed by atoms with van der Waals surface area (Å²) in [6.45, 7) is 5.05. The first-order valence-electron chi connectivity index (χ1n) is 6.57. The molecule has 0 unspecified atom stereocenters. The van der Waals surface area contributed by atoms with E-state index in [0.717, 1.165) is 18.4 Å². The zero-order valence-corrected chi connectivity index (χ0v) is 10.6. The van der Waals surface area contributed by atoms with Gasteiger partial charge in [-0.1, -0.05) is 19.8 Å². The first-order chi connectivity index (χ1) is 7.80. The maximum absolute atomic E-state index is 5.41. The fourth-order valence-corrected chi connectivity index (χ4v) is 2.49. The van der Waals surface area contributed by atoms with Crippen molar-refractivity contribution < 1.29 is 0 Å². The summed E-state index contributed by atoms with van der Waals surface area (Å²) in [5.74, 6) is 7.09. The fourth-order valence-electron chi connectivity index (χ4n) is 2.49. The van der Waals surface area contributed by atoms with Crippen molar-refractivity contribution in [2.45, 2.75) is 58.4 Å². The highest BCUT2D eigenvalue weighted by molar-refractivity contribution is 5.79. The van der Waals surface area contributed by atoms with Gasteiger partial charge in [0.05, 0.1) is 0 Å². The van der Waals surface area contributed by atoms with Gasteiger partial charge >= 0.3 is 0 Å². The summed E-state index contributed by atoms with van der Waals surface area (Å²) in [5, 5.41) is 3.38. The van der Waals surface area contributed by atoms with E-state index in [-0.39, 0.29) is 0 Å². The highest BCUT2D eigenvalue weighted by Gasteiger charge is 2.20. The molecule has 0 amide bonds. The third kappa shape index (κ3) is 4.39. The summed E-state index contributed by atoms with van der Waals surface area (Å²) < 4.78 is 0. The van der Waals surface area contributed by atoms with Crippen LogP contribution in [0.4, 0.5) is 0 Å². The molecular weight excluding hydrogens is 200 g/mol. The Labute approximate surface area is 99.1 Å². The van der Waals surface area contributed by atoms with Crippen LogP contribution in [0.3, 0.4) is 0 Å². The molecule has 4 nitrogen and oxygen atoms in total. The number of hydrazine groups is 1. The summed E-state index contributed by atoms with van der Waals surface area (Å²) in [7, 11) is 0. The first kappa shape index (κ1) is 13.3. The number of hydrogen-bond donors (Lipinski definition) is 3. The molecule has 0 aromatic rings. The van der Waals surface area contributed by atoms with Gasteiger partial charge in [-0.3, -0.25) is 10.4 Å². The van der Waals surface area contributed by atoms with Gasteiger partial charge in [-0.25, -0.2) is 5.84 Å². The molecule has 0 aliphatic heterocycles. The first-order valence-corrected chi connectivity index (χ1v) is 6.57. The monoisotopic (exact) mass is 226 g/mol. The Hall–Kier alpha value is -0.770. The van der Waals surface area contributed by atoms with Crippen LogP contribution >= 0.6 is 0 Å². The molecule has 0 saturated heterocycles. The molecule has 0 aromatic heterocycles. The molecule has 0 radical (unpaired) electrons. The van der Waals surface area contributed by atoms with Crippen molar-refractivity contribution in [3.05, 3.63) is 0 Å². The molecular formula is C12H26N4. The van der Waals surface area contributed by atoms with Crippen molar-refractivity contribution in [1.82, 2.24) is 10.7 Å². The molecule has 0 atom stereocenters. The third-order valence-corrected chi connectivity index (χ3v) is 3.34. The van der Waals surface area contributed by atoms with Gasteiger partial charge in [-0.15, -0.1) is 0 Å². The second kappa shape index (κ2) is 7.49. The molecule has 0 spiro atoms. The minimum absolute atomic E-state index is 0.550. The Morgan fingerprint density at radius 2 is 1.94 bits per heavy atom. The van der Waals surface area contributed by atoms with Crippen molar-refractivity contribution in [3.63, 3.8) is 0 Å². The van der Waals surface area contributed by atoms with Gasteiger partial charge in [0, 0.05) is 12.6 Å². The summed E-state index contributed by atoms with van der Waals surface area (Å²) in [6.07, 6.45) is 7.88. The quantitative estimate of drug-likeness (QED) is 0.296. The lowest BCUT2D eigenvalue weighted by molar-refractivity contribution is 0.295. The zero-order valence-electron chi connectivity index (χ0n) is 10.6. The molecule has 0 heterocycles. The van der Waals surface area contributed by atoms with Crippen LogP contribution in [-0.2, 0) is 0 Å². The molecule has 1 aliphatic carbocycles. The zero-order chi connectivity index (χ0) is 11.8. The minimum Gasteiger partial charge on any atom is -0.353 e. The van der Waals surface area contributed by atoms with Crippen LogP contribution in [0.2, 0.25) is 0 Å². The summed E-state index contributed by atoms with van der Waals surface area (Å²) in [6, 6.07) is 0.550. The van der Waals surface area contributed by atoms with E-state index in [1.54, 1.807) is 0 Å². The molecule has 16 heavy (non-hydrogen) atoms. The van der Waals surface area contributed by atoms with Crippen molar-refractivity contribution in [2.75, 3.05) is 6.54 Å². The Morgan fingerprint density at radius 1 is 1.25 bits per heavy atom. The van der Waals surface area contributed by atoms with E-state index >= 15 is 0 Å². The Balaban J connectivity index is 2.28. The molecule has 94 valence electrons. The maximum atomic E-state index is 5.41.